The lowest BCUT2D eigenvalue weighted by atomic mass is 9.98. The standard InChI is InChI=1S/C27H30Cl2FN3O3S/c1-15(17-6-19(28)9-20(29)7-17)33-14-21-10-22(33)13-32(21)12-18-8-26(30)25(11-24(18)16-2-3-16)27(34)31-37(35,36)23-4-5-23/h6-9,11,15-16,21-23H,2-5,10,12-14H2,1H3,(H,31,34)/t15-,21-,22-/m0/s1. The number of hydrogen-bond acceptors (Lipinski definition) is 5. The summed E-state index contributed by atoms with van der Waals surface area (Å²) in [4.78, 5) is 17.6. The summed E-state index contributed by atoms with van der Waals surface area (Å²) in [6.07, 6.45) is 4.13. The number of amides is 1. The zero-order valence-electron chi connectivity index (χ0n) is 20.6. The second-order valence-electron chi connectivity index (χ2n) is 11.0. The van der Waals surface area contributed by atoms with E-state index in [-0.39, 0.29) is 11.6 Å². The van der Waals surface area contributed by atoms with Crippen molar-refractivity contribution in [2.45, 2.75) is 74.9 Å². The maximum Gasteiger partial charge on any atom is 0.267 e. The van der Waals surface area contributed by atoms with Gasteiger partial charge in [0.05, 0.1) is 10.8 Å². The lowest BCUT2D eigenvalue weighted by Gasteiger charge is -2.38. The summed E-state index contributed by atoms with van der Waals surface area (Å²) in [6.45, 7) is 4.60. The Hall–Kier alpha value is -1.71. The normalized spacial score (nSPS) is 25.0. The molecule has 2 aliphatic heterocycles. The number of rotatable bonds is 8. The van der Waals surface area contributed by atoms with Crippen molar-refractivity contribution in [3.8, 4) is 0 Å². The van der Waals surface area contributed by atoms with Gasteiger partial charge in [0.2, 0.25) is 10.0 Å². The van der Waals surface area contributed by atoms with E-state index in [1.165, 1.54) is 6.07 Å². The summed E-state index contributed by atoms with van der Waals surface area (Å²) in [5.41, 5.74) is 2.79. The first-order valence-electron chi connectivity index (χ1n) is 12.9. The van der Waals surface area contributed by atoms with Gasteiger partial charge in [0.1, 0.15) is 5.82 Å². The van der Waals surface area contributed by atoms with Crippen molar-refractivity contribution in [3.05, 3.63) is 68.4 Å². The van der Waals surface area contributed by atoms with Gasteiger partial charge in [0, 0.05) is 47.8 Å². The summed E-state index contributed by atoms with van der Waals surface area (Å²) in [7, 11) is -3.73. The van der Waals surface area contributed by atoms with Crippen molar-refractivity contribution >= 4 is 39.1 Å². The molecule has 2 heterocycles. The van der Waals surface area contributed by atoms with Crippen LogP contribution in [-0.4, -0.2) is 54.5 Å². The van der Waals surface area contributed by atoms with Gasteiger partial charge < -0.3 is 0 Å². The fourth-order valence-electron chi connectivity index (χ4n) is 6.04. The molecule has 2 aromatic carbocycles. The number of nitrogens with zero attached hydrogens (tertiary/aromatic N) is 2. The topological polar surface area (TPSA) is 69.7 Å². The van der Waals surface area contributed by atoms with E-state index in [1.807, 2.05) is 12.1 Å². The molecular weight excluding hydrogens is 536 g/mol. The van der Waals surface area contributed by atoms with Gasteiger partial charge in [-0.1, -0.05) is 23.2 Å². The van der Waals surface area contributed by atoms with Crippen LogP contribution in [0.1, 0.15) is 78.0 Å². The minimum Gasteiger partial charge on any atom is -0.293 e. The number of sulfonamides is 1. The van der Waals surface area contributed by atoms with E-state index in [0.29, 0.717) is 47.4 Å². The van der Waals surface area contributed by atoms with Crippen LogP contribution in [-0.2, 0) is 16.6 Å². The Kier molecular flexibility index (Phi) is 6.55. The smallest absolute Gasteiger partial charge is 0.267 e. The molecule has 4 fully saturated rings. The molecule has 2 aliphatic carbocycles. The second kappa shape index (κ2) is 9.49. The molecule has 0 radical (unpaired) electrons. The van der Waals surface area contributed by atoms with E-state index in [0.717, 1.165) is 49.0 Å². The van der Waals surface area contributed by atoms with Crippen LogP contribution in [0.15, 0.2) is 30.3 Å². The molecule has 1 N–H and O–H groups in total. The van der Waals surface area contributed by atoms with Crippen molar-refractivity contribution < 1.29 is 17.6 Å². The molecule has 2 bridgehead atoms. The Labute approximate surface area is 227 Å². The van der Waals surface area contributed by atoms with Crippen LogP contribution >= 0.6 is 23.2 Å². The third-order valence-electron chi connectivity index (χ3n) is 8.32. The second-order valence-corrected chi connectivity index (χ2v) is 13.9. The van der Waals surface area contributed by atoms with Crippen LogP contribution in [0.5, 0.6) is 0 Å². The molecule has 2 aromatic rings. The lowest BCUT2D eigenvalue weighted by Crippen LogP contribution is -2.46. The molecule has 3 atom stereocenters. The summed E-state index contributed by atoms with van der Waals surface area (Å²) >= 11 is 12.5. The van der Waals surface area contributed by atoms with Gasteiger partial charge in [0.25, 0.3) is 5.91 Å². The summed E-state index contributed by atoms with van der Waals surface area (Å²) < 4.78 is 41.6. The number of carbonyl (C=O) groups excluding carboxylic acids is 1. The molecule has 0 unspecified atom stereocenters. The van der Waals surface area contributed by atoms with Gasteiger partial charge in [-0.25, -0.2) is 17.5 Å². The lowest BCUT2D eigenvalue weighted by molar-refractivity contribution is 0.0935. The molecule has 6 nitrogen and oxygen atoms in total. The van der Waals surface area contributed by atoms with Gasteiger partial charge in [-0.05, 0) is 92.0 Å². The monoisotopic (exact) mass is 565 g/mol. The molecule has 198 valence electrons. The maximum atomic E-state index is 15.1. The molecule has 2 saturated heterocycles. The summed E-state index contributed by atoms with van der Waals surface area (Å²) in [5, 5.41) is 0.736. The van der Waals surface area contributed by atoms with Gasteiger partial charge >= 0.3 is 0 Å². The van der Waals surface area contributed by atoms with Crippen LogP contribution in [0, 0.1) is 5.82 Å². The molecule has 1 amide bonds. The van der Waals surface area contributed by atoms with Crippen molar-refractivity contribution in [3.63, 3.8) is 0 Å². The Morgan fingerprint density at radius 2 is 1.76 bits per heavy atom. The number of fused-ring (bicyclic) bond motifs is 2. The Morgan fingerprint density at radius 1 is 1.05 bits per heavy atom. The van der Waals surface area contributed by atoms with Crippen molar-refractivity contribution in [1.29, 1.82) is 0 Å². The molecule has 0 aromatic heterocycles. The summed E-state index contributed by atoms with van der Waals surface area (Å²) in [5.74, 6) is -1.24. The Bertz CT molecular complexity index is 1340. The predicted molar refractivity (Wildman–Crippen MR) is 142 cm³/mol. The Morgan fingerprint density at radius 3 is 2.35 bits per heavy atom. The molecule has 4 aliphatic rings. The molecule has 0 spiro atoms. The number of piperazine rings is 1. The molecule has 37 heavy (non-hydrogen) atoms. The van der Waals surface area contributed by atoms with Crippen LogP contribution < -0.4 is 4.72 Å². The minimum absolute atomic E-state index is 0.182. The number of nitrogens with one attached hydrogen (secondary N) is 1. The van der Waals surface area contributed by atoms with E-state index in [2.05, 4.69) is 21.4 Å². The molecule has 2 saturated carbocycles. The highest BCUT2D eigenvalue weighted by atomic mass is 35.5. The van der Waals surface area contributed by atoms with Crippen molar-refractivity contribution in [1.82, 2.24) is 14.5 Å². The van der Waals surface area contributed by atoms with Gasteiger partial charge in [-0.15, -0.1) is 0 Å². The van der Waals surface area contributed by atoms with E-state index >= 15 is 4.39 Å². The molecular formula is C27H30Cl2FN3O3S. The molecule has 10 heteroatoms. The zero-order chi connectivity index (χ0) is 26.1. The molecule has 6 rings (SSSR count). The van der Waals surface area contributed by atoms with Gasteiger partial charge in [-0.3, -0.25) is 14.6 Å². The average Bonchev–Trinajstić information content (AvgIpc) is 3.75. The highest BCUT2D eigenvalue weighted by Gasteiger charge is 2.45. The van der Waals surface area contributed by atoms with Gasteiger partial charge in [0.15, 0.2) is 0 Å². The maximum absolute atomic E-state index is 15.1. The highest BCUT2D eigenvalue weighted by molar-refractivity contribution is 7.91. The van der Waals surface area contributed by atoms with E-state index in [4.69, 9.17) is 23.2 Å². The SMILES string of the molecule is C[C@@H](c1cc(Cl)cc(Cl)c1)N1C[C@@H]2C[C@H]1CN2Cc1cc(F)c(C(=O)NS(=O)(=O)C2CC2)cc1C1CC1. The van der Waals surface area contributed by atoms with E-state index < -0.39 is 27.0 Å². The third kappa shape index (κ3) is 5.15. The predicted octanol–water partition coefficient (Wildman–Crippen LogP) is 5.25. The van der Waals surface area contributed by atoms with Crippen LogP contribution in [0.2, 0.25) is 10.0 Å². The largest absolute Gasteiger partial charge is 0.293 e. The number of hydrogen-bond donors (Lipinski definition) is 1. The third-order valence-corrected chi connectivity index (χ3v) is 10.6. The summed E-state index contributed by atoms with van der Waals surface area (Å²) in [6, 6.07) is 9.68. The number of benzene rings is 2. The van der Waals surface area contributed by atoms with Gasteiger partial charge in [-0.2, -0.15) is 0 Å². The fraction of sp³-hybridized carbons (Fsp3) is 0.519. The van der Waals surface area contributed by atoms with Crippen molar-refractivity contribution in [2.75, 3.05) is 13.1 Å². The zero-order valence-corrected chi connectivity index (χ0v) is 22.9. The van der Waals surface area contributed by atoms with Crippen LogP contribution in [0.4, 0.5) is 4.39 Å². The van der Waals surface area contributed by atoms with Crippen molar-refractivity contribution in [2.24, 2.45) is 0 Å². The first-order chi connectivity index (χ1) is 17.6. The van der Waals surface area contributed by atoms with Crippen LogP contribution in [0.25, 0.3) is 0 Å². The first kappa shape index (κ1) is 25.6. The number of halogens is 3. The highest BCUT2D eigenvalue weighted by Crippen LogP contribution is 2.44. The van der Waals surface area contributed by atoms with E-state index in [9.17, 15) is 13.2 Å². The fourth-order valence-corrected chi connectivity index (χ4v) is 7.87. The average molecular weight is 567 g/mol. The minimum atomic E-state index is -3.73. The van der Waals surface area contributed by atoms with Crippen LogP contribution in [0.3, 0.4) is 0 Å². The number of carbonyl (C=O) groups is 1. The Balaban J connectivity index is 1.17. The number of likely N-dealkylation sites (tertiary alicyclic amines) is 2. The van der Waals surface area contributed by atoms with E-state index in [1.54, 1.807) is 12.1 Å². The first-order valence-corrected chi connectivity index (χ1v) is 15.2. The quantitative estimate of drug-likeness (QED) is 0.473.